The number of amides is 3. The number of hydrogen-bond donors (Lipinski definition) is 4. The number of likely N-dealkylation sites (tertiary alicyclic amines) is 1. The first-order valence-corrected chi connectivity index (χ1v) is 11.1. The molecule has 3 heterocycles. The van der Waals surface area contributed by atoms with Crippen molar-refractivity contribution in [3.63, 3.8) is 0 Å². The standard InChI is InChI=1S/C24H24N6O4/c1-14-5-2-3-6-16(14)25-23(32)26-17-7-4-8-18-21(17)22-27-20(31)13-19(30(22)28-18)15-9-11-29(12-10-15)24(33)34/h2-8,13,15H,9-12H2,1H3,(H,27,31)(H,33,34)(H2,25,26,32). The molecule has 2 aromatic carbocycles. The highest BCUT2D eigenvalue weighted by Crippen LogP contribution is 2.31. The topological polar surface area (TPSA) is 132 Å². The zero-order valence-electron chi connectivity index (χ0n) is 18.5. The van der Waals surface area contributed by atoms with Gasteiger partial charge in [-0.2, -0.15) is 5.10 Å². The van der Waals surface area contributed by atoms with Crippen LogP contribution in [0.15, 0.2) is 53.3 Å². The largest absolute Gasteiger partial charge is 0.465 e. The smallest absolute Gasteiger partial charge is 0.407 e. The molecule has 0 aliphatic carbocycles. The van der Waals surface area contributed by atoms with Crippen LogP contribution in [-0.2, 0) is 0 Å². The van der Waals surface area contributed by atoms with E-state index in [2.05, 4.69) is 15.6 Å². The molecular weight excluding hydrogens is 436 g/mol. The Bertz CT molecular complexity index is 1470. The number of urea groups is 1. The normalized spacial score (nSPS) is 14.4. The summed E-state index contributed by atoms with van der Waals surface area (Å²) in [5, 5.41) is 20.3. The van der Waals surface area contributed by atoms with Crippen LogP contribution in [0.25, 0.3) is 16.6 Å². The van der Waals surface area contributed by atoms with Crippen molar-refractivity contribution in [1.29, 1.82) is 0 Å². The molecule has 4 aromatic rings. The van der Waals surface area contributed by atoms with Gasteiger partial charge in [0.15, 0.2) is 0 Å². The third-order valence-electron chi connectivity index (χ3n) is 6.29. The number of para-hydroxylation sites is 1. The molecule has 2 aromatic heterocycles. The number of rotatable bonds is 3. The number of nitrogens with one attached hydrogen (secondary N) is 3. The van der Waals surface area contributed by atoms with Crippen molar-refractivity contribution in [1.82, 2.24) is 19.5 Å². The Hall–Kier alpha value is -4.34. The van der Waals surface area contributed by atoms with Crippen molar-refractivity contribution < 1.29 is 14.7 Å². The number of benzene rings is 2. The molecule has 5 rings (SSSR count). The minimum Gasteiger partial charge on any atom is -0.465 e. The van der Waals surface area contributed by atoms with Crippen molar-refractivity contribution in [3.8, 4) is 0 Å². The number of piperidine rings is 1. The molecule has 0 saturated carbocycles. The number of anilines is 2. The lowest BCUT2D eigenvalue weighted by Crippen LogP contribution is -2.37. The SMILES string of the molecule is Cc1ccccc1NC(=O)Nc1cccc2nn3c(C4CCN(C(=O)O)CC4)cc(=O)[nH]c3c12. The van der Waals surface area contributed by atoms with Gasteiger partial charge in [-0.15, -0.1) is 0 Å². The van der Waals surface area contributed by atoms with Crippen LogP contribution in [0.1, 0.15) is 30.0 Å². The molecular formula is C24H24N6O4. The Morgan fingerprint density at radius 1 is 1.06 bits per heavy atom. The Balaban J connectivity index is 1.51. The highest BCUT2D eigenvalue weighted by Gasteiger charge is 2.26. The minimum absolute atomic E-state index is 0.00419. The molecule has 1 saturated heterocycles. The van der Waals surface area contributed by atoms with E-state index in [1.807, 2.05) is 37.3 Å². The van der Waals surface area contributed by atoms with Gasteiger partial charge in [-0.1, -0.05) is 24.3 Å². The van der Waals surface area contributed by atoms with Gasteiger partial charge in [0, 0.05) is 30.8 Å². The molecule has 34 heavy (non-hydrogen) atoms. The van der Waals surface area contributed by atoms with Gasteiger partial charge in [-0.3, -0.25) is 4.79 Å². The van der Waals surface area contributed by atoms with Crippen LogP contribution in [0.4, 0.5) is 21.0 Å². The Kier molecular flexibility index (Phi) is 5.40. The third kappa shape index (κ3) is 3.94. The van der Waals surface area contributed by atoms with Crippen LogP contribution >= 0.6 is 0 Å². The van der Waals surface area contributed by atoms with Crippen molar-refractivity contribution in [2.75, 3.05) is 23.7 Å². The molecule has 0 spiro atoms. The number of carbonyl (C=O) groups excluding carboxylic acids is 1. The second-order valence-electron chi connectivity index (χ2n) is 8.46. The lowest BCUT2D eigenvalue weighted by atomic mass is 9.93. The molecule has 10 nitrogen and oxygen atoms in total. The number of carboxylic acid groups (broad SMARTS) is 1. The molecule has 0 bridgehead atoms. The fourth-order valence-corrected chi connectivity index (χ4v) is 4.54. The van der Waals surface area contributed by atoms with E-state index in [-0.39, 0.29) is 11.5 Å². The minimum atomic E-state index is -0.931. The summed E-state index contributed by atoms with van der Waals surface area (Å²) < 4.78 is 1.71. The van der Waals surface area contributed by atoms with Gasteiger partial charge in [-0.05, 0) is 43.5 Å². The summed E-state index contributed by atoms with van der Waals surface area (Å²) in [5.74, 6) is -0.00419. The highest BCUT2D eigenvalue weighted by molar-refractivity contribution is 6.09. The predicted molar refractivity (Wildman–Crippen MR) is 129 cm³/mol. The van der Waals surface area contributed by atoms with Crippen molar-refractivity contribution in [2.24, 2.45) is 0 Å². The summed E-state index contributed by atoms with van der Waals surface area (Å²) in [7, 11) is 0. The average molecular weight is 460 g/mol. The van der Waals surface area contributed by atoms with Gasteiger partial charge < -0.3 is 25.6 Å². The molecule has 1 aliphatic heterocycles. The number of aromatic nitrogens is 3. The maximum Gasteiger partial charge on any atom is 0.407 e. The molecule has 4 N–H and O–H groups in total. The molecule has 0 radical (unpaired) electrons. The Morgan fingerprint density at radius 3 is 2.50 bits per heavy atom. The molecule has 1 aliphatic rings. The maximum absolute atomic E-state index is 12.7. The van der Waals surface area contributed by atoms with Crippen LogP contribution in [-0.4, -0.2) is 49.8 Å². The molecule has 0 unspecified atom stereocenters. The molecule has 10 heteroatoms. The predicted octanol–water partition coefficient (Wildman–Crippen LogP) is 3.99. The van der Waals surface area contributed by atoms with E-state index >= 15 is 0 Å². The van der Waals surface area contributed by atoms with Gasteiger partial charge in [0.05, 0.1) is 22.3 Å². The van der Waals surface area contributed by atoms with Crippen LogP contribution in [0.5, 0.6) is 0 Å². The van der Waals surface area contributed by atoms with E-state index in [1.54, 1.807) is 16.6 Å². The van der Waals surface area contributed by atoms with Gasteiger partial charge in [-0.25, -0.2) is 14.1 Å². The zero-order chi connectivity index (χ0) is 23.8. The lowest BCUT2D eigenvalue weighted by molar-refractivity contribution is 0.131. The number of hydrogen-bond acceptors (Lipinski definition) is 4. The fraction of sp³-hybridized carbons (Fsp3) is 0.250. The summed E-state index contributed by atoms with van der Waals surface area (Å²) in [5.41, 5.74) is 3.74. The fourth-order valence-electron chi connectivity index (χ4n) is 4.54. The summed E-state index contributed by atoms with van der Waals surface area (Å²) in [6.07, 6.45) is 0.273. The second-order valence-corrected chi connectivity index (χ2v) is 8.46. The monoisotopic (exact) mass is 460 g/mol. The number of aromatic amines is 1. The van der Waals surface area contributed by atoms with Crippen molar-refractivity contribution in [2.45, 2.75) is 25.7 Å². The number of carbonyl (C=O) groups is 2. The Morgan fingerprint density at radius 2 is 1.76 bits per heavy atom. The van der Waals surface area contributed by atoms with E-state index in [4.69, 9.17) is 5.10 Å². The van der Waals surface area contributed by atoms with Crippen LogP contribution in [0, 0.1) is 6.92 Å². The highest BCUT2D eigenvalue weighted by atomic mass is 16.4. The maximum atomic E-state index is 12.7. The third-order valence-corrected chi connectivity index (χ3v) is 6.29. The van der Waals surface area contributed by atoms with Crippen molar-refractivity contribution in [3.05, 3.63) is 70.1 Å². The van der Waals surface area contributed by atoms with E-state index in [9.17, 15) is 19.5 Å². The number of aryl methyl sites for hydroxylation is 1. The van der Waals surface area contributed by atoms with Crippen LogP contribution < -0.4 is 16.2 Å². The first-order chi connectivity index (χ1) is 16.4. The lowest BCUT2D eigenvalue weighted by Gasteiger charge is -2.30. The molecule has 1 fully saturated rings. The number of fused-ring (bicyclic) bond motifs is 3. The first kappa shape index (κ1) is 21.5. The molecule has 0 atom stereocenters. The average Bonchev–Trinajstić information content (AvgIpc) is 3.19. The molecule has 3 amide bonds. The summed E-state index contributed by atoms with van der Waals surface area (Å²) in [6, 6.07) is 14.0. The quantitative estimate of drug-likeness (QED) is 0.367. The summed E-state index contributed by atoms with van der Waals surface area (Å²) in [6.45, 7) is 2.72. The van der Waals surface area contributed by atoms with Gasteiger partial charge in [0.25, 0.3) is 5.56 Å². The summed E-state index contributed by atoms with van der Waals surface area (Å²) in [4.78, 5) is 40.8. The summed E-state index contributed by atoms with van der Waals surface area (Å²) >= 11 is 0. The van der Waals surface area contributed by atoms with E-state index in [0.717, 1.165) is 11.3 Å². The van der Waals surface area contributed by atoms with Gasteiger partial charge in [0.2, 0.25) is 0 Å². The number of H-pyrrole nitrogens is 1. The second kappa shape index (κ2) is 8.54. The molecule has 174 valence electrons. The first-order valence-electron chi connectivity index (χ1n) is 11.1. The van der Waals surface area contributed by atoms with Crippen molar-refractivity contribution >= 4 is 40.0 Å². The van der Waals surface area contributed by atoms with E-state index in [1.165, 1.54) is 11.0 Å². The zero-order valence-corrected chi connectivity index (χ0v) is 18.5. The number of nitrogens with zero attached hydrogens (tertiary/aromatic N) is 3. The van der Waals surface area contributed by atoms with Crippen LogP contribution in [0.3, 0.4) is 0 Å². The van der Waals surface area contributed by atoms with Gasteiger partial charge >= 0.3 is 12.1 Å². The van der Waals surface area contributed by atoms with Gasteiger partial charge in [0.1, 0.15) is 5.65 Å². The Labute approximate surface area is 194 Å². The van der Waals surface area contributed by atoms with Crippen LogP contribution in [0.2, 0.25) is 0 Å². The van der Waals surface area contributed by atoms with E-state index in [0.29, 0.717) is 53.9 Å². The van der Waals surface area contributed by atoms with E-state index < -0.39 is 12.1 Å².